The van der Waals surface area contributed by atoms with Gasteiger partial charge in [-0.15, -0.1) is 11.3 Å². The predicted octanol–water partition coefficient (Wildman–Crippen LogP) is 1.27. The molecule has 20 heavy (non-hydrogen) atoms. The van der Waals surface area contributed by atoms with Crippen molar-refractivity contribution in [1.82, 2.24) is 10.3 Å². The van der Waals surface area contributed by atoms with E-state index in [4.69, 9.17) is 5.11 Å². The molecule has 2 rings (SSSR count). The molecule has 0 aliphatic heterocycles. The number of carbonyl (C=O) groups is 2. The van der Waals surface area contributed by atoms with E-state index in [-0.39, 0.29) is 17.9 Å². The molecule has 0 fully saturated rings. The molecule has 2 aromatic rings. The zero-order chi connectivity index (χ0) is 14.5. The van der Waals surface area contributed by atoms with Gasteiger partial charge in [-0.25, -0.2) is 9.78 Å². The molecule has 0 aliphatic carbocycles. The number of hydrogen-bond acceptors (Lipinski definition) is 5. The first kappa shape index (κ1) is 14.0. The number of amides is 1. The van der Waals surface area contributed by atoms with E-state index in [1.807, 2.05) is 0 Å². The zero-order valence-corrected chi connectivity index (χ0v) is 11.1. The first-order chi connectivity index (χ1) is 9.56. The molecule has 1 aromatic carbocycles. The number of phenols is 1. The van der Waals surface area contributed by atoms with Gasteiger partial charge in [0.1, 0.15) is 17.5 Å². The minimum absolute atomic E-state index is 0.104. The number of hydrogen-bond donors (Lipinski definition) is 3. The third-order valence-corrected chi connectivity index (χ3v) is 3.23. The molecule has 1 aromatic heterocycles. The lowest BCUT2D eigenvalue weighted by molar-refractivity contribution is -0.139. The Balaban J connectivity index is 2.06. The summed E-state index contributed by atoms with van der Waals surface area (Å²) in [6.07, 6.45) is 0.130. The molecule has 104 valence electrons. The van der Waals surface area contributed by atoms with Crippen LogP contribution in [0, 0.1) is 0 Å². The molecule has 0 bridgehead atoms. The van der Waals surface area contributed by atoms with Gasteiger partial charge in [-0.2, -0.15) is 0 Å². The van der Waals surface area contributed by atoms with E-state index in [9.17, 15) is 14.7 Å². The van der Waals surface area contributed by atoms with Crippen molar-refractivity contribution in [2.75, 3.05) is 0 Å². The Labute approximate surface area is 118 Å². The van der Waals surface area contributed by atoms with Gasteiger partial charge in [-0.3, -0.25) is 4.79 Å². The fourth-order valence-corrected chi connectivity index (χ4v) is 2.16. The highest BCUT2D eigenvalue weighted by atomic mass is 32.1. The third-order valence-electron chi connectivity index (χ3n) is 2.64. The predicted molar refractivity (Wildman–Crippen MR) is 72.8 cm³/mol. The minimum atomic E-state index is -1.12. The number of aromatic nitrogens is 1. The summed E-state index contributed by atoms with van der Waals surface area (Å²) < 4.78 is 0. The maximum Gasteiger partial charge on any atom is 0.326 e. The van der Waals surface area contributed by atoms with Crippen LogP contribution in [0.2, 0.25) is 0 Å². The molecule has 3 N–H and O–H groups in total. The number of rotatable bonds is 5. The molecule has 1 atom stereocenters. The van der Waals surface area contributed by atoms with E-state index in [1.54, 1.807) is 17.5 Å². The van der Waals surface area contributed by atoms with Crippen molar-refractivity contribution < 1.29 is 19.8 Å². The Bertz CT molecular complexity index is 595. The van der Waals surface area contributed by atoms with Crippen molar-refractivity contribution in [3.63, 3.8) is 0 Å². The van der Waals surface area contributed by atoms with Crippen molar-refractivity contribution in [2.45, 2.75) is 12.5 Å². The number of carboxylic acids is 1. The van der Waals surface area contributed by atoms with Crippen LogP contribution < -0.4 is 5.32 Å². The van der Waals surface area contributed by atoms with Crippen LogP contribution >= 0.6 is 11.3 Å². The number of aromatic hydroxyl groups is 1. The van der Waals surface area contributed by atoms with Crippen molar-refractivity contribution in [3.05, 3.63) is 46.4 Å². The van der Waals surface area contributed by atoms with Gasteiger partial charge in [0.15, 0.2) is 0 Å². The maximum atomic E-state index is 11.8. The highest BCUT2D eigenvalue weighted by Gasteiger charge is 2.21. The summed E-state index contributed by atoms with van der Waals surface area (Å²) in [5.74, 6) is -1.54. The molecule has 0 aliphatic rings. The van der Waals surface area contributed by atoms with Crippen LogP contribution in [0.3, 0.4) is 0 Å². The minimum Gasteiger partial charge on any atom is -0.508 e. The summed E-state index contributed by atoms with van der Waals surface area (Å²) in [6, 6.07) is 5.11. The lowest BCUT2D eigenvalue weighted by atomic mass is 10.1. The van der Waals surface area contributed by atoms with Crippen LogP contribution in [0.15, 0.2) is 35.2 Å². The quantitative estimate of drug-likeness (QED) is 0.770. The van der Waals surface area contributed by atoms with Crippen LogP contribution in [0.4, 0.5) is 0 Å². The van der Waals surface area contributed by atoms with Gasteiger partial charge in [0.05, 0.1) is 5.51 Å². The van der Waals surface area contributed by atoms with Gasteiger partial charge in [0.2, 0.25) is 0 Å². The van der Waals surface area contributed by atoms with Crippen LogP contribution in [0.5, 0.6) is 5.75 Å². The first-order valence-electron chi connectivity index (χ1n) is 5.76. The molecule has 6 nitrogen and oxygen atoms in total. The number of carbonyl (C=O) groups excluding carboxylic acids is 1. The summed E-state index contributed by atoms with van der Waals surface area (Å²) in [5, 5.41) is 22.3. The van der Waals surface area contributed by atoms with Crippen LogP contribution in [0.25, 0.3) is 0 Å². The average Bonchev–Trinajstić information content (AvgIpc) is 2.94. The molecule has 0 spiro atoms. The number of benzene rings is 1. The lowest BCUT2D eigenvalue weighted by Crippen LogP contribution is -2.42. The van der Waals surface area contributed by atoms with E-state index >= 15 is 0 Å². The van der Waals surface area contributed by atoms with E-state index in [1.165, 1.54) is 29.0 Å². The van der Waals surface area contributed by atoms with Gasteiger partial charge in [-0.05, 0) is 17.7 Å². The lowest BCUT2D eigenvalue weighted by Gasteiger charge is -2.13. The highest BCUT2D eigenvalue weighted by molar-refractivity contribution is 7.07. The van der Waals surface area contributed by atoms with Crippen molar-refractivity contribution in [1.29, 1.82) is 0 Å². The van der Waals surface area contributed by atoms with E-state index in [0.29, 0.717) is 5.56 Å². The van der Waals surface area contributed by atoms with Crippen LogP contribution in [-0.4, -0.2) is 33.1 Å². The Kier molecular flexibility index (Phi) is 4.31. The molecule has 1 heterocycles. The van der Waals surface area contributed by atoms with Crippen molar-refractivity contribution in [2.24, 2.45) is 0 Å². The Morgan fingerprint density at radius 2 is 2.00 bits per heavy atom. The molecule has 0 radical (unpaired) electrons. The van der Waals surface area contributed by atoms with Crippen LogP contribution in [-0.2, 0) is 11.2 Å². The zero-order valence-electron chi connectivity index (χ0n) is 10.3. The molecule has 7 heteroatoms. The number of phenolic OH excluding ortho intramolecular Hbond substituents is 1. The van der Waals surface area contributed by atoms with Gasteiger partial charge >= 0.3 is 5.97 Å². The Morgan fingerprint density at radius 1 is 1.30 bits per heavy atom. The SMILES string of the molecule is O=C(N[C@H](Cc1ccc(O)cc1)C(=O)O)c1cscn1. The van der Waals surface area contributed by atoms with Crippen LogP contribution in [0.1, 0.15) is 16.1 Å². The second kappa shape index (κ2) is 6.16. The summed E-state index contributed by atoms with van der Waals surface area (Å²) in [4.78, 5) is 26.8. The molecular weight excluding hydrogens is 280 g/mol. The first-order valence-corrected chi connectivity index (χ1v) is 6.70. The standard InChI is InChI=1S/C13H12N2O4S/c16-9-3-1-8(2-4-9)5-10(13(18)19)15-12(17)11-6-20-7-14-11/h1-4,6-7,10,16H,5H2,(H,15,17)(H,18,19)/t10-/m1/s1. The second-order valence-electron chi connectivity index (χ2n) is 4.11. The normalized spacial score (nSPS) is 11.8. The van der Waals surface area contributed by atoms with E-state index in [2.05, 4.69) is 10.3 Å². The second-order valence-corrected chi connectivity index (χ2v) is 4.83. The van der Waals surface area contributed by atoms with Crippen molar-refractivity contribution >= 4 is 23.2 Å². The van der Waals surface area contributed by atoms with E-state index < -0.39 is 17.9 Å². The largest absolute Gasteiger partial charge is 0.508 e. The van der Waals surface area contributed by atoms with E-state index in [0.717, 1.165) is 0 Å². The monoisotopic (exact) mass is 292 g/mol. The number of aliphatic carboxylic acids is 1. The third kappa shape index (κ3) is 3.55. The average molecular weight is 292 g/mol. The molecule has 0 saturated heterocycles. The fourth-order valence-electron chi connectivity index (χ4n) is 1.62. The molecular formula is C13H12N2O4S. The Morgan fingerprint density at radius 3 is 2.55 bits per heavy atom. The summed E-state index contributed by atoms with van der Waals surface area (Å²) >= 11 is 1.26. The molecule has 1 amide bonds. The maximum absolute atomic E-state index is 11.8. The molecule has 0 saturated carbocycles. The fraction of sp³-hybridized carbons (Fsp3) is 0.154. The van der Waals surface area contributed by atoms with Crippen molar-refractivity contribution in [3.8, 4) is 5.75 Å². The number of thiazole rings is 1. The van der Waals surface area contributed by atoms with Gasteiger partial charge in [-0.1, -0.05) is 12.1 Å². The van der Waals surface area contributed by atoms with Gasteiger partial charge in [0, 0.05) is 11.8 Å². The summed E-state index contributed by atoms with van der Waals surface area (Å²) in [5.41, 5.74) is 2.41. The smallest absolute Gasteiger partial charge is 0.326 e. The number of carboxylic acid groups (broad SMARTS) is 1. The Hall–Kier alpha value is -2.41. The number of nitrogens with one attached hydrogen (secondary N) is 1. The summed E-state index contributed by atoms with van der Waals surface area (Å²) in [7, 11) is 0. The topological polar surface area (TPSA) is 99.5 Å². The number of nitrogens with zero attached hydrogens (tertiary/aromatic N) is 1. The molecule has 0 unspecified atom stereocenters. The summed E-state index contributed by atoms with van der Waals surface area (Å²) in [6.45, 7) is 0. The van der Waals surface area contributed by atoms with Gasteiger partial charge < -0.3 is 15.5 Å². The van der Waals surface area contributed by atoms with Gasteiger partial charge in [0.25, 0.3) is 5.91 Å². The highest BCUT2D eigenvalue weighted by Crippen LogP contribution is 2.12.